The molecule has 0 atom stereocenters. The zero-order valence-electron chi connectivity index (χ0n) is 10.8. The fourth-order valence-corrected chi connectivity index (χ4v) is 1.85. The third-order valence-corrected chi connectivity index (χ3v) is 2.73. The van der Waals surface area contributed by atoms with Crippen LogP contribution in [0.5, 0.6) is 0 Å². The topological polar surface area (TPSA) is 63.8 Å². The predicted octanol–water partition coefficient (Wildman–Crippen LogP) is 2.13. The molecule has 2 aromatic rings. The Labute approximate surface area is 107 Å². The standard InChI is InChI=1S/C14H18N4/c1-10-3-4-12(11(2)9-10)14-17-7-5-13(18-14)16-8-6-15/h3-5,7,9H,6,8,15H2,1-2H3,(H,16,17,18). The van der Waals surface area contributed by atoms with Gasteiger partial charge in [-0.05, 0) is 25.5 Å². The van der Waals surface area contributed by atoms with Crippen LogP contribution in [0.1, 0.15) is 11.1 Å². The van der Waals surface area contributed by atoms with E-state index in [0.717, 1.165) is 17.2 Å². The summed E-state index contributed by atoms with van der Waals surface area (Å²) in [5, 5.41) is 3.16. The van der Waals surface area contributed by atoms with Gasteiger partial charge in [-0.25, -0.2) is 9.97 Å². The van der Waals surface area contributed by atoms with E-state index in [9.17, 15) is 0 Å². The van der Waals surface area contributed by atoms with Crippen molar-refractivity contribution in [3.8, 4) is 11.4 Å². The second-order valence-electron chi connectivity index (χ2n) is 4.30. The Morgan fingerprint density at radius 1 is 1.22 bits per heavy atom. The first-order chi connectivity index (χ1) is 8.70. The predicted molar refractivity (Wildman–Crippen MR) is 74.5 cm³/mol. The van der Waals surface area contributed by atoms with Crippen LogP contribution in [0.15, 0.2) is 30.5 Å². The highest BCUT2D eigenvalue weighted by Gasteiger charge is 2.05. The van der Waals surface area contributed by atoms with Crippen LogP contribution in [0.3, 0.4) is 0 Å². The van der Waals surface area contributed by atoms with Gasteiger partial charge in [-0.15, -0.1) is 0 Å². The van der Waals surface area contributed by atoms with Crippen LogP contribution < -0.4 is 11.1 Å². The molecule has 0 saturated heterocycles. The Morgan fingerprint density at radius 2 is 2.06 bits per heavy atom. The van der Waals surface area contributed by atoms with E-state index in [4.69, 9.17) is 5.73 Å². The van der Waals surface area contributed by atoms with Crippen molar-refractivity contribution >= 4 is 5.82 Å². The number of nitrogens with one attached hydrogen (secondary N) is 1. The van der Waals surface area contributed by atoms with Gasteiger partial charge in [-0.1, -0.05) is 23.8 Å². The van der Waals surface area contributed by atoms with Gasteiger partial charge in [0.1, 0.15) is 5.82 Å². The highest BCUT2D eigenvalue weighted by Crippen LogP contribution is 2.21. The normalized spacial score (nSPS) is 10.4. The molecule has 18 heavy (non-hydrogen) atoms. The van der Waals surface area contributed by atoms with Crippen molar-refractivity contribution in [3.63, 3.8) is 0 Å². The maximum atomic E-state index is 5.46. The summed E-state index contributed by atoms with van der Waals surface area (Å²) in [6, 6.07) is 8.12. The minimum Gasteiger partial charge on any atom is -0.369 e. The molecule has 0 saturated carbocycles. The molecule has 1 aromatic heterocycles. The molecule has 0 amide bonds. The van der Waals surface area contributed by atoms with Crippen LogP contribution in [0, 0.1) is 13.8 Å². The Hall–Kier alpha value is -1.94. The number of nitrogens with zero attached hydrogens (tertiary/aromatic N) is 2. The van der Waals surface area contributed by atoms with Crippen LogP contribution in [-0.4, -0.2) is 23.1 Å². The summed E-state index contributed by atoms with van der Waals surface area (Å²) >= 11 is 0. The first-order valence-corrected chi connectivity index (χ1v) is 6.05. The van der Waals surface area contributed by atoms with Gasteiger partial charge in [0.15, 0.2) is 5.82 Å². The lowest BCUT2D eigenvalue weighted by atomic mass is 10.1. The molecule has 94 valence electrons. The number of anilines is 1. The highest BCUT2D eigenvalue weighted by molar-refractivity contribution is 5.61. The summed E-state index contributed by atoms with van der Waals surface area (Å²) in [7, 11) is 0. The molecule has 0 bridgehead atoms. The van der Waals surface area contributed by atoms with E-state index in [0.29, 0.717) is 13.1 Å². The maximum absolute atomic E-state index is 5.46. The van der Waals surface area contributed by atoms with Crippen molar-refractivity contribution < 1.29 is 0 Å². The lowest BCUT2D eigenvalue weighted by molar-refractivity contribution is 1.01. The summed E-state index contributed by atoms with van der Waals surface area (Å²) in [6.45, 7) is 5.45. The first kappa shape index (κ1) is 12.5. The molecular weight excluding hydrogens is 224 g/mol. The number of rotatable bonds is 4. The summed E-state index contributed by atoms with van der Waals surface area (Å²) in [5.74, 6) is 1.56. The largest absolute Gasteiger partial charge is 0.369 e. The third kappa shape index (κ3) is 2.84. The molecule has 2 rings (SSSR count). The van der Waals surface area contributed by atoms with E-state index in [1.165, 1.54) is 11.1 Å². The van der Waals surface area contributed by atoms with Gasteiger partial charge in [0.2, 0.25) is 0 Å². The Kier molecular flexibility index (Phi) is 3.89. The molecule has 0 fully saturated rings. The zero-order valence-corrected chi connectivity index (χ0v) is 10.8. The lowest BCUT2D eigenvalue weighted by Gasteiger charge is -2.08. The molecule has 0 spiro atoms. The molecule has 3 N–H and O–H groups in total. The molecule has 0 aliphatic heterocycles. The van der Waals surface area contributed by atoms with Crippen LogP contribution in [0.4, 0.5) is 5.82 Å². The van der Waals surface area contributed by atoms with Gasteiger partial charge in [-0.2, -0.15) is 0 Å². The quantitative estimate of drug-likeness (QED) is 0.862. The van der Waals surface area contributed by atoms with Crippen LogP contribution >= 0.6 is 0 Å². The second kappa shape index (κ2) is 5.60. The zero-order chi connectivity index (χ0) is 13.0. The van der Waals surface area contributed by atoms with E-state index < -0.39 is 0 Å². The number of benzene rings is 1. The van der Waals surface area contributed by atoms with E-state index in [1.807, 2.05) is 6.07 Å². The second-order valence-corrected chi connectivity index (χ2v) is 4.30. The molecule has 0 radical (unpaired) electrons. The molecule has 1 heterocycles. The average molecular weight is 242 g/mol. The summed E-state index contributed by atoms with van der Waals surface area (Å²) in [6.07, 6.45) is 1.76. The number of aromatic nitrogens is 2. The van der Waals surface area contributed by atoms with E-state index in [1.54, 1.807) is 6.20 Å². The van der Waals surface area contributed by atoms with Crippen molar-refractivity contribution in [1.82, 2.24) is 9.97 Å². The van der Waals surface area contributed by atoms with E-state index in [2.05, 4.69) is 47.3 Å². The number of hydrogen-bond donors (Lipinski definition) is 2. The summed E-state index contributed by atoms with van der Waals surface area (Å²) in [5.41, 5.74) is 8.96. The third-order valence-electron chi connectivity index (χ3n) is 2.73. The molecule has 0 aliphatic carbocycles. The Morgan fingerprint density at radius 3 is 2.78 bits per heavy atom. The van der Waals surface area contributed by atoms with Gasteiger partial charge in [0.05, 0.1) is 0 Å². The summed E-state index contributed by atoms with van der Waals surface area (Å²) < 4.78 is 0. The minimum atomic E-state index is 0.586. The number of nitrogens with two attached hydrogens (primary N) is 1. The van der Waals surface area contributed by atoms with Crippen molar-refractivity contribution in [2.45, 2.75) is 13.8 Å². The van der Waals surface area contributed by atoms with Crippen LogP contribution in [0.2, 0.25) is 0 Å². The molecule has 1 aromatic carbocycles. The summed E-state index contributed by atoms with van der Waals surface area (Å²) in [4.78, 5) is 8.82. The van der Waals surface area contributed by atoms with Gasteiger partial charge >= 0.3 is 0 Å². The van der Waals surface area contributed by atoms with Gasteiger partial charge < -0.3 is 11.1 Å². The van der Waals surface area contributed by atoms with Gasteiger partial charge in [0.25, 0.3) is 0 Å². The first-order valence-electron chi connectivity index (χ1n) is 6.05. The monoisotopic (exact) mass is 242 g/mol. The Balaban J connectivity index is 2.32. The molecule has 4 nitrogen and oxygen atoms in total. The van der Waals surface area contributed by atoms with E-state index in [-0.39, 0.29) is 0 Å². The molecule has 4 heteroatoms. The SMILES string of the molecule is Cc1ccc(-c2nccc(NCCN)n2)c(C)c1. The molecule has 0 aliphatic rings. The lowest BCUT2D eigenvalue weighted by Crippen LogP contribution is -2.14. The van der Waals surface area contributed by atoms with Crippen molar-refractivity contribution in [2.24, 2.45) is 5.73 Å². The number of hydrogen-bond acceptors (Lipinski definition) is 4. The van der Waals surface area contributed by atoms with E-state index >= 15 is 0 Å². The van der Waals surface area contributed by atoms with Crippen molar-refractivity contribution in [3.05, 3.63) is 41.6 Å². The molecular formula is C14H18N4. The smallest absolute Gasteiger partial charge is 0.161 e. The van der Waals surface area contributed by atoms with Gasteiger partial charge in [-0.3, -0.25) is 0 Å². The Bertz CT molecular complexity index is 537. The highest BCUT2D eigenvalue weighted by atomic mass is 15.0. The average Bonchev–Trinajstić information content (AvgIpc) is 2.36. The van der Waals surface area contributed by atoms with Crippen LogP contribution in [-0.2, 0) is 0 Å². The van der Waals surface area contributed by atoms with Crippen molar-refractivity contribution in [2.75, 3.05) is 18.4 Å². The van der Waals surface area contributed by atoms with Crippen molar-refractivity contribution in [1.29, 1.82) is 0 Å². The van der Waals surface area contributed by atoms with Crippen LogP contribution in [0.25, 0.3) is 11.4 Å². The fourth-order valence-electron chi connectivity index (χ4n) is 1.85. The number of aryl methyl sites for hydroxylation is 2. The molecule has 0 unspecified atom stereocenters. The maximum Gasteiger partial charge on any atom is 0.161 e. The minimum absolute atomic E-state index is 0.586. The fraction of sp³-hybridized carbons (Fsp3) is 0.286. The van der Waals surface area contributed by atoms with Gasteiger partial charge in [0, 0.05) is 24.8 Å².